The van der Waals surface area contributed by atoms with Gasteiger partial charge in [0.1, 0.15) is 5.60 Å². The molecular formula is C13H22O2. The predicted octanol–water partition coefficient (Wildman–Crippen LogP) is 2.68. The lowest BCUT2D eigenvalue weighted by Gasteiger charge is -2.45. The Bertz CT molecular complexity index is 278. The average molecular weight is 210 g/mol. The van der Waals surface area contributed by atoms with Crippen LogP contribution >= 0.6 is 0 Å². The molecule has 2 heteroatoms. The van der Waals surface area contributed by atoms with Crippen molar-refractivity contribution in [2.75, 3.05) is 7.11 Å². The van der Waals surface area contributed by atoms with Crippen LogP contribution in [0.5, 0.6) is 0 Å². The van der Waals surface area contributed by atoms with Gasteiger partial charge in [-0.25, -0.2) is 0 Å². The maximum atomic E-state index is 10.2. The summed E-state index contributed by atoms with van der Waals surface area (Å²) in [4.78, 5) is 0. The lowest BCUT2D eigenvalue weighted by atomic mass is 9.68. The fourth-order valence-electron chi connectivity index (χ4n) is 2.48. The van der Waals surface area contributed by atoms with Crippen LogP contribution in [0.1, 0.15) is 33.6 Å². The molecule has 15 heavy (non-hydrogen) atoms. The van der Waals surface area contributed by atoms with E-state index >= 15 is 0 Å². The summed E-state index contributed by atoms with van der Waals surface area (Å²) in [5, 5.41) is 10.2. The molecule has 2 atom stereocenters. The van der Waals surface area contributed by atoms with Crippen LogP contribution in [0.15, 0.2) is 24.3 Å². The van der Waals surface area contributed by atoms with Crippen LogP contribution in [0.4, 0.5) is 0 Å². The van der Waals surface area contributed by atoms with Gasteiger partial charge in [-0.05, 0) is 25.2 Å². The average Bonchev–Trinajstić information content (AvgIpc) is 2.14. The molecule has 1 rings (SSSR count). The molecule has 0 aromatic carbocycles. The van der Waals surface area contributed by atoms with E-state index < -0.39 is 11.7 Å². The molecule has 86 valence electrons. The van der Waals surface area contributed by atoms with Crippen molar-refractivity contribution < 1.29 is 9.84 Å². The zero-order chi connectivity index (χ0) is 11.7. The van der Waals surface area contributed by atoms with Gasteiger partial charge in [-0.1, -0.05) is 31.6 Å². The van der Waals surface area contributed by atoms with E-state index in [9.17, 15) is 5.11 Å². The molecule has 0 aliphatic heterocycles. The first-order chi connectivity index (χ1) is 6.85. The van der Waals surface area contributed by atoms with Crippen molar-refractivity contribution in [3.8, 4) is 0 Å². The molecule has 1 N–H and O–H groups in total. The van der Waals surface area contributed by atoms with Crippen LogP contribution in [0.25, 0.3) is 0 Å². The summed E-state index contributed by atoms with van der Waals surface area (Å²) in [5.74, 6) is 0. The number of aliphatic hydroxyl groups is 1. The van der Waals surface area contributed by atoms with E-state index in [1.807, 2.05) is 19.1 Å². The highest BCUT2D eigenvalue weighted by atomic mass is 16.5. The van der Waals surface area contributed by atoms with Gasteiger partial charge in [-0.15, -0.1) is 6.58 Å². The summed E-state index contributed by atoms with van der Waals surface area (Å²) >= 11 is 0. The third-order valence-corrected chi connectivity index (χ3v) is 3.30. The highest BCUT2D eigenvalue weighted by molar-refractivity contribution is 5.23. The quantitative estimate of drug-likeness (QED) is 0.726. The third kappa shape index (κ3) is 2.32. The number of hydrogen-bond donors (Lipinski definition) is 1. The fourth-order valence-corrected chi connectivity index (χ4v) is 2.48. The second kappa shape index (κ2) is 4.11. The SMILES string of the molecule is C=CCC1=CC(C)(OC)C(O)C(C)(C)C1. The first-order valence-electron chi connectivity index (χ1n) is 5.40. The summed E-state index contributed by atoms with van der Waals surface area (Å²) in [5.41, 5.74) is 0.586. The van der Waals surface area contributed by atoms with Crippen molar-refractivity contribution in [2.24, 2.45) is 5.41 Å². The molecule has 0 saturated heterocycles. The van der Waals surface area contributed by atoms with E-state index in [4.69, 9.17) is 4.74 Å². The molecule has 1 aliphatic rings. The maximum Gasteiger partial charge on any atom is 0.110 e. The van der Waals surface area contributed by atoms with Gasteiger partial charge in [0.15, 0.2) is 0 Å². The van der Waals surface area contributed by atoms with E-state index in [2.05, 4.69) is 20.4 Å². The van der Waals surface area contributed by atoms with Crippen LogP contribution in [0.3, 0.4) is 0 Å². The molecule has 0 aromatic heterocycles. The highest BCUT2D eigenvalue weighted by Gasteiger charge is 2.45. The Balaban J connectivity index is 3.05. The zero-order valence-corrected chi connectivity index (χ0v) is 10.2. The number of rotatable bonds is 3. The van der Waals surface area contributed by atoms with Gasteiger partial charge in [0.05, 0.1) is 6.10 Å². The maximum absolute atomic E-state index is 10.2. The number of methoxy groups -OCH3 is 1. The Morgan fingerprint density at radius 3 is 2.67 bits per heavy atom. The first-order valence-corrected chi connectivity index (χ1v) is 5.40. The predicted molar refractivity (Wildman–Crippen MR) is 62.7 cm³/mol. The van der Waals surface area contributed by atoms with E-state index in [1.54, 1.807) is 7.11 Å². The van der Waals surface area contributed by atoms with Crippen LogP contribution in [0, 0.1) is 5.41 Å². The Labute approximate surface area is 92.6 Å². The lowest BCUT2D eigenvalue weighted by Crippen LogP contribution is -2.51. The van der Waals surface area contributed by atoms with E-state index in [0.717, 1.165) is 12.8 Å². The molecular weight excluding hydrogens is 188 g/mol. The van der Waals surface area contributed by atoms with Crippen molar-refractivity contribution in [2.45, 2.75) is 45.3 Å². The van der Waals surface area contributed by atoms with Crippen LogP contribution in [-0.2, 0) is 4.74 Å². The Hall–Kier alpha value is -0.600. The number of allylic oxidation sites excluding steroid dienone is 2. The summed E-state index contributed by atoms with van der Waals surface area (Å²) in [7, 11) is 1.65. The lowest BCUT2D eigenvalue weighted by molar-refractivity contribution is -0.115. The second-order valence-corrected chi connectivity index (χ2v) is 5.25. The van der Waals surface area contributed by atoms with Gasteiger partial charge in [-0.3, -0.25) is 0 Å². The van der Waals surface area contributed by atoms with Crippen molar-refractivity contribution in [1.29, 1.82) is 0 Å². The standard InChI is InChI=1S/C13H22O2/c1-6-7-10-8-12(2,3)11(14)13(4,9-10)15-5/h6,9,11,14H,1,7-8H2,2-5H3. The molecule has 1 aliphatic carbocycles. The number of aliphatic hydroxyl groups excluding tert-OH is 1. The number of hydrogen-bond acceptors (Lipinski definition) is 2. The minimum absolute atomic E-state index is 0.141. The topological polar surface area (TPSA) is 29.5 Å². The first kappa shape index (κ1) is 12.5. The minimum atomic E-state index is -0.569. The fraction of sp³-hybridized carbons (Fsp3) is 0.692. The van der Waals surface area contributed by atoms with Gasteiger partial charge in [0.2, 0.25) is 0 Å². The summed E-state index contributed by atoms with van der Waals surface area (Å²) in [6, 6.07) is 0. The van der Waals surface area contributed by atoms with Gasteiger partial charge < -0.3 is 9.84 Å². The Morgan fingerprint density at radius 1 is 1.60 bits per heavy atom. The summed E-state index contributed by atoms with van der Waals surface area (Å²) in [6.07, 6.45) is 5.25. The van der Waals surface area contributed by atoms with Gasteiger partial charge >= 0.3 is 0 Å². The Kier molecular flexibility index (Phi) is 3.41. The Morgan fingerprint density at radius 2 is 2.20 bits per heavy atom. The van der Waals surface area contributed by atoms with Crippen molar-refractivity contribution >= 4 is 0 Å². The largest absolute Gasteiger partial charge is 0.389 e. The van der Waals surface area contributed by atoms with E-state index in [1.165, 1.54) is 5.57 Å². The van der Waals surface area contributed by atoms with Crippen LogP contribution in [-0.4, -0.2) is 23.9 Å². The molecule has 0 saturated carbocycles. The van der Waals surface area contributed by atoms with E-state index in [0.29, 0.717) is 0 Å². The zero-order valence-electron chi connectivity index (χ0n) is 10.2. The van der Waals surface area contributed by atoms with Gasteiger partial charge in [-0.2, -0.15) is 0 Å². The molecule has 2 unspecified atom stereocenters. The molecule has 0 aromatic rings. The minimum Gasteiger partial charge on any atom is -0.389 e. The molecule has 0 amide bonds. The van der Waals surface area contributed by atoms with Crippen LogP contribution < -0.4 is 0 Å². The van der Waals surface area contributed by atoms with Crippen LogP contribution in [0.2, 0.25) is 0 Å². The molecule has 2 nitrogen and oxygen atoms in total. The normalized spacial score (nSPS) is 34.7. The van der Waals surface area contributed by atoms with Crippen molar-refractivity contribution in [3.05, 3.63) is 24.3 Å². The molecule has 0 heterocycles. The third-order valence-electron chi connectivity index (χ3n) is 3.30. The van der Waals surface area contributed by atoms with Gasteiger partial charge in [0, 0.05) is 7.11 Å². The molecule has 0 spiro atoms. The van der Waals surface area contributed by atoms with Gasteiger partial charge in [0.25, 0.3) is 0 Å². The smallest absolute Gasteiger partial charge is 0.110 e. The molecule has 0 fully saturated rings. The summed E-state index contributed by atoms with van der Waals surface area (Å²) in [6.45, 7) is 9.83. The number of ether oxygens (including phenoxy) is 1. The second-order valence-electron chi connectivity index (χ2n) is 5.25. The summed E-state index contributed by atoms with van der Waals surface area (Å²) < 4.78 is 5.44. The monoisotopic (exact) mass is 210 g/mol. The van der Waals surface area contributed by atoms with E-state index in [-0.39, 0.29) is 5.41 Å². The molecule has 0 radical (unpaired) electrons. The van der Waals surface area contributed by atoms with Crippen molar-refractivity contribution in [3.63, 3.8) is 0 Å². The molecule has 0 bridgehead atoms. The highest BCUT2D eigenvalue weighted by Crippen LogP contribution is 2.42. The van der Waals surface area contributed by atoms with Crippen molar-refractivity contribution in [1.82, 2.24) is 0 Å².